The van der Waals surface area contributed by atoms with E-state index in [9.17, 15) is 13.6 Å². The largest absolute Gasteiger partial charge is 0.469 e. The van der Waals surface area contributed by atoms with E-state index >= 15 is 0 Å². The second kappa shape index (κ2) is 4.39. The Morgan fingerprint density at radius 1 is 1.67 bits per heavy atom. The van der Waals surface area contributed by atoms with Crippen LogP contribution in [0.4, 0.5) is 8.78 Å². The molecule has 1 aromatic heterocycles. The number of hydrogen-bond donors (Lipinski definition) is 2. The van der Waals surface area contributed by atoms with E-state index in [1.54, 1.807) is 6.92 Å². The van der Waals surface area contributed by atoms with E-state index < -0.39 is 24.9 Å². The molecule has 0 radical (unpaired) electrons. The first kappa shape index (κ1) is 11.6. The zero-order valence-corrected chi connectivity index (χ0v) is 8.22. The Kier molecular flexibility index (Phi) is 3.41. The van der Waals surface area contributed by atoms with Gasteiger partial charge in [0.1, 0.15) is 12.0 Å². The van der Waals surface area contributed by atoms with Gasteiger partial charge in [-0.25, -0.2) is 8.78 Å². The van der Waals surface area contributed by atoms with Gasteiger partial charge in [0.15, 0.2) is 0 Å². The second-order valence-corrected chi connectivity index (χ2v) is 3.19. The smallest absolute Gasteiger partial charge is 0.277 e. The topological polar surface area (TPSA) is 68.3 Å². The lowest BCUT2D eigenvalue weighted by Crippen LogP contribution is -2.41. The lowest BCUT2D eigenvalue weighted by atomic mass is 10.2. The lowest BCUT2D eigenvalue weighted by Gasteiger charge is -2.13. The van der Waals surface area contributed by atoms with Crippen LogP contribution in [0.15, 0.2) is 16.7 Å². The summed E-state index contributed by atoms with van der Waals surface area (Å²) < 4.78 is 30.2. The molecule has 0 aliphatic rings. The quantitative estimate of drug-likeness (QED) is 0.789. The summed E-state index contributed by atoms with van der Waals surface area (Å²) in [6.07, 6.45) is 1.21. The summed E-state index contributed by atoms with van der Waals surface area (Å²) in [6.45, 7) is 0.0928. The van der Waals surface area contributed by atoms with E-state index in [-0.39, 0.29) is 5.56 Å². The molecule has 1 heterocycles. The number of halogens is 2. The van der Waals surface area contributed by atoms with E-state index in [1.807, 2.05) is 0 Å². The summed E-state index contributed by atoms with van der Waals surface area (Å²) in [7, 11) is 0. The van der Waals surface area contributed by atoms with Crippen molar-refractivity contribution >= 4 is 5.91 Å². The van der Waals surface area contributed by atoms with Gasteiger partial charge in [0.25, 0.3) is 11.8 Å². The van der Waals surface area contributed by atoms with Crippen molar-refractivity contribution in [2.45, 2.75) is 12.8 Å². The first-order valence-corrected chi connectivity index (χ1v) is 4.36. The van der Waals surface area contributed by atoms with Crippen LogP contribution in [0.2, 0.25) is 0 Å². The van der Waals surface area contributed by atoms with Crippen LogP contribution in [0.3, 0.4) is 0 Å². The minimum Gasteiger partial charge on any atom is -0.469 e. The number of amides is 1. The molecule has 4 nitrogen and oxygen atoms in total. The van der Waals surface area contributed by atoms with Gasteiger partial charge in [0.05, 0.1) is 18.7 Å². The number of carbonyl (C=O) groups is 1. The summed E-state index contributed by atoms with van der Waals surface area (Å²) in [5, 5.41) is 2.07. The van der Waals surface area contributed by atoms with Gasteiger partial charge >= 0.3 is 0 Å². The molecule has 1 rings (SSSR count). The zero-order valence-electron chi connectivity index (χ0n) is 8.22. The van der Waals surface area contributed by atoms with Crippen molar-refractivity contribution in [1.82, 2.24) is 5.32 Å². The Hall–Kier alpha value is -1.43. The Bertz CT molecular complexity index is 350. The molecule has 0 saturated carbocycles. The van der Waals surface area contributed by atoms with Gasteiger partial charge in [-0.05, 0) is 13.0 Å². The monoisotopic (exact) mass is 218 g/mol. The number of alkyl halides is 2. The number of hydrogen-bond acceptors (Lipinski definition) is 3. The molecular weight excluding hydrogens is 206 g/mol. The van der Waals surface area contributed by atoms with Crippen molar-refractivity contribution in [3.05, 3.63) is 23.7 Å². The van der Waals surface area contributed by atoms with E-state index in [0.717, 1.165) is 0 Å². The highest BCUT2D eigenvalue weighted by molar-refractivity contribution is 5.93. The van der Waals surface area contributed by atoms with Crippen molar-refractivity contribution in [1.29, 1.82) is 0 Å². The number of nitrogens with two attached hydrogens (primary N) is 1. The van der Waals surface area contributed by atoms with Crippen molar-refractivity contribution in [2.24, 2.45) is 5.73 Å². The normalized spacial score (nSPS) is 11.5. The van der Waals surface area contributed by atoms with Crippen molar-refractivity contribution in [2.75, 3.05) is 13.1 Å². The zero-order chi connectivity index (χ0) is 11.5. The average molecular weight is 218 g/mol. The number of rotatable bonds is 4. The van der Waals surface area contributed by atoms with Gasteiger partial charge in [0, 0.05) is 0 Å². The third-order valence-corrected chi connectivity index (χ3v) is 1.80. The van der Waals surface area contributed by atoms with Crippen LogP contribution < -0.4 is 11.1 Å². The summed E-state index contributed by atoms with van der Waals surface area (Å²) in [5.41, 5.74) is 5.04. The molecule has 6 heteroatoms. The van der Waals surface area contributed by atoms with Crippen LogP contribution >= 0.6 is 0 Å². The van der Waals surface area contributed by atoms with Gasteiger partial charge < -0.3 is 15.5 Å². The fourth-order valence-electron chi connectivity index (χ4n) is 0.946. The van der Waals surface area contributed by atoms with Crippen molar-refractivity contribution in [3.8, 4) is 0 Å². The minimum absolute atomic E-state index is 0.223. The second-order valence-electron chi connectivity index (χ2n) is 3.19. The van der Waals surface area contributed by atoms with Gasteiger partial charge in [-0.2, -0.15) is 0 Å². The molecule has 1 amide bonds. The van der Waals surface area contributed by atoms with Gasteiger partial charge in [-0.1, -0.05) is 0 Å². The summed E-state index contributed by atoms with van der Waals surface area (Å²) in [6, 6.07) is 1.47. The van der Waals surface area contributed by atoms with Crippen molar-refractivity contribution < 1.29 is 18.0 Å². The summed E-state index contributed by atoms with van der Waals surface area (Å²) >= 11 is 0. The maximum atomic E-state index is 12.7. The average Bonchev–Trinajstić information content (AvgIpc) is 2.61. The first-order chi connectivity index (χ1) is 6.94. The number of nitrogens with one attached hydrogen (secondary N) is 1. The molecule has 0 saturated heterocycles. The molecule has 0 unspecified atom stereocenters. The van der Waals surface area contributed by atoms with Crippen LogP contribution in [-0.2, 0) is 0 Å². The van der Waals surface area contributed by atoms with Gasteiger partial charge in [-0.3, -0.25) is 4.79 Å². The van der Waals surface area contributed by atoms with Crippen LogP contribution in [0, 0.1) is 6.92 Å². The minimum atomic E-state index is -3.07. The Morgan fingerprint density at radius 3 is 2.80 bits per heavy atom. The third kappa shape index (κ3) is 3.32. The van der Waals surface area contributed by atoms with E-state index in [1.165, 1.54) is 12.3 Å². The number of furan rings is 1. The van der Waals surface area contributed by atoms with Crippen LogP contribution in [0.5, 0.6) is 0 Å². The predicted octanol–water partition coefficient (Wildman–Crippen LogP) is 0.912. The molecular formula is C9H12F2N2O2. The molecule has 0 spiro atoms. The Balaban J connectivity index is 2.50. The molecule has 0 atom stereocenters. The van der Waals surface area contributed by atoms with Crippen LogP contribution in [-0.4, -0.2) is 24.9 Å². The lowest BCUT2D eigenvalue weighted by molar-refractivity contribution is 0.0118. The molecule has 1 aromatic rings. The van der Waals surface area contributed by atoms with Crippen molar-refractivity contribution in [3.63, 3.8) is 0 Å². The Labute approximate surface area is 85.4 Å². The van der Waals surface area contributed by atoms with E-state index in [2.05, 4.69) is 5.32 Å². The maximum Gasteiger partial charge on any atom is 0.277 e. The predicted molar refractivity (Wildman–Crippen MR) is 49.8 cm³/mol. The highest BCUT2D eigenvalue weighted by Gasteiger charge is 2.27. The standard InChI is InChI=1S/C9H12F2N2O2/c1-6-2-7(3-15-6)8(14)13-5-9(10,11)4-12/h2-3H,4-5,12H2,1H3,(H,13,14). The molecule has 0 aromatic carbocycles. The molecule has 0 bridgehead atoms. The molecule has 15 heavy (non-hydrogen) atoms. The number of carbonyl (C=O) groups excluding carboxylic acids is 1. The SMILES string of the molecule is Cc1cc(C(=O)NCC(F)(F)CN)co1. The maximum absolute atomic E-state index is 12.7. The third-order valence-electron chi connectivity index (χ3n) is 1.80. The summed E-state index contributed by atoms with van der Waals surface area (Å²) in [5.74, 6) is -3.13. The fourth-order valence-corrected chi connectivity index (χ4v) is 0.946. The van der Waals surface area contributed by atoms with Crippen LogP contribution in [0.25, 0.3) is 0 Å². The van der Waals surface area contributed by atoms with Gasteiger partial charge in [-0.15, -0.1) is 0 Å². The van der Waals surface area contributed by atoms with E-state index in [4.69, 9.17) is 10.2 Å². The first-order valence-electron chi connectivity index (χ1n) is 4.36. The molecule has 0 fully saturated rings. The highest BCUT2D eigenvalue weighted by atomic mass is 19.3. The molecule has 84 valence electrons. The van der Waals surface area contributed by atoms with Gasteiger partial charge in [0.2, 0.25) is 0 Å². The fraction of sp³-hybridized carbons (Fsp3) is 0.444. The number of aryl methyl sites for hydroxylation is 1. The Morgan fingerprint density at radius 2 is 2.33 bits per heavy atom. The molecule has 0 aliphatic heterocycles. The van der Waals surface area contributed by atoms with E-state index in [0.29, 0.717) is 5.76 Å². The summed E-state index contributed by atoms with van der Waals surface area (Å²) in [4.78, 5) is 11.3. The highest BCUT2D eigenvalue weighted by Crippen LogP contribution is 2.10. The molecule has 3 N–H and O–H groups in total. The molecule has 0 aliphatic carbocycles. The van der Waals surface area contributed by atoms with Crippen LogP contribution in [0.1, 0.15) is 16.1 Å².